The number of carbonyl (C=O) groups excluding carboxylic acids is 2. The van der Waals surface area contributed by atoms with Crippen molar-refractivity contribution in [2.45, 2.75) is 6.92 Å². The van der Waals surface area contributed by atoms with Crippen LogP contribution < -0.4 is 16.4 Å². The molecule has 0 fully saturated rings. The number of nitrogens with two attached hydrogens (primary N) is 1. The minimum absolute atomic E-state index is 0.218. The SMILES string of the molecule is Cc1cccc(F)c1NCC(=O)NC(N)=O. The number of aryl methyl sites for hydroxylation is 1. The highest BCUT2D eigenvalue weighted by Crippen LogP contribution is 2.17. The Labute approximate surface area is 91.8 Å². The average Bonchev–Trinajstić information content (AvgIpc) is 2.15. The number of carbonyl (C=O) groups is 2. The summed E-state index contributed by atoms with van der Waals surface area (Å²) in [7, 11) is 0. The normalized spacial score (nSPS) is 9.62. The van der Waals surface area contributed by atoms with E-state index in [2.05, 4.69) is 5.32 Å². The number of nitrogens with one attached hydrogen (secondary N) is 2. The number of halogens is 1. The van der Waals surface area contributed by atoms with E-state index < -0.39 is 17.8 Å². The largest absolute Gasteiger partial charge is 0.374 e. The summed E-state index contributed by atoms with van der Waals surface area (Å²) in [5, 5.41) is 4.46. The zero-order valence-corrected chi connectivity index (χ0v) is 8.71. The molecule has 6 heteroatoms. The molecule has 0 aliphatic heterocycles. The predicted octanol–water partition coefficient (Wildman–Crippen LogP) is 0.741. The summed E-state index contributed by atoms with van der Waals surface area (Å²) in [5.74, 6) is -1.07. The average molecular weight is 225 g/mol. The van der Waals surface area contributed by atoms with Crippen molar-refractivity contribution < 1.29 is 14.0 Å². The molecule has 0 radical (unpaired) electrons. The number of amides is 3. The summed E-state index contributed by atoms with van der Waals surface area (Å²) in [6.45, 7) is 1.49. The van der Waals surface area contributed by atoms with Gasteiger partial charge in [0.05, 0.1) is 12.2 Å². The minimum atomic E-state index is -0.933. The molecule has 86 valence electrons. The lowest BCUT2D eigenvalue weighted by molar-refractivity contribution is -0.118. The van der Waals surface area contributed by atoms with Gasteiger partial charge in [-0.1, -0.05) is 12.1 Å². The van der Waals surface area contributed by atoms with Crippen LogP contribution in [0.25, 0.3) is 0 Å². The fraction of sp³-hybridized carbons (Fsp3) is 0.200. The van der Waals surface area contributed by atoms with Crippen molar-refractivity contribution in [1.29, 1.82) is 0 Å². The van der Waals surface area contributed by atoms with E-state index in [0.29, 0.717) is 5.56 Å². The Bertz CT molecular complexity index is 400. The Morgan fingerprint density at radius 2 is 2.12 bits per heavy atom. The van der Waals surface area contributed by atoms with Crippen LogP contribution in [-0.2, 0) is 4.79 Å². The molecule has 0 unspecified atom stereocenters. The number of anilines is 1. The second kappa shape index (κ2) is 5.11. The number of urea groups is 1. The molecule has 0 aliphatic rings. The summed E-state index contributed by atoms with van der Waals surface area (Å²) in [4.78, 5) is 21.4. The first-order chi connectivity index (χ1) is 7.50. The van der Waals surface area contributed by atoms with E-state index >= 15 is 0 Å². The lowest BCUT2D eigenvalue weighted by Gasteiger charge is -2.09. The Balaban J connectivity index is 2.61. The highest BCUT2D eigenvalue weighted by Gasteiger charge is 2.08. The van der Waals surface area contributed by atoms with Gasteiger partial charge in [-0.15, -0.1) is 0 Å². The van der Waals surface area contributed by atoms with Gasteiger partial charge in [-0.25, -0.2) is 9.18 Å². The Morgan fingerprint density at radius 1 is 1.44 bits per heavy atom. The van der Waals surface area contributed by atoms with Crippen molar-refractivity contribution in [2.75, 3.05) is 11.9 Å². The summed E-state index contributed by atoms with van der Waals surface area (Å²) in [6.07, 6.45) is 0. The smallest absolute Gasteiger partial charge is 0.318 e. The quantitative estimate of drug-likeness (QED) is 0.709. The van der Waals surface area contributed by atoms with E-state index in [0.717, 1.165) is 0 Å². The molecular weight excluding hydrogens is 213 g/mol. The van der Waals surface area contributed by atoms with Crippen molar-refractivity contribution >= 4 is 17.6 Å². The first-order valence-electron chi connectivity index (χ1n) is 4.59. The lowest BCUT2D eigenvalue weighted by Crippen LogP contribution is -2.38. The zero-order chi connectivity index (χ0) is 12.1. The molecule has 0 saturated carbocycles. The number of hydrogen-bond acceptors (Lipinski definition) is 3. The van der Waals surface area contributed by atoms with Gasteiger partial charge >= 0.3 is 6.03 Å². The Hall–Kier alpha value is -2.11. The Kier molecular flexibility index (Phi) is 3.82. The van der Waals surface area contributed by atoms with E-state index in [4.69, 9.17) is 5.73 Å². The molecule has 0 bridgehead atoms. The number of benzene rings is 1. The molecule has 3 amide bonds. The molecule has 0 saturated heterocycles. The molecule has 0 spiro atoms. The number of imide groups is 1. The molecule has 1 aromatic rings. The Morgan fingerprint density at radius 3 is 2.69 bits per heavy atom. The van der Waals surface area contributed by atoms with E-state index in [1.165, 1.54) is 6.07 Å². The summed E-state index contributed by atoms with van der Waals surface area (Å²) >= 11 is 0. The summed E-state index contributed by atoms with van der Waals surface area (Å²) < 4.78 is 13.3. The van der Waals surface area contributed by atoms with Gasteiger partial charge in [0.15, 0.2) is 0 Å². The molecule has 1 aromatic carbocycles. The topological polar surface area (TPSA) is 84.2 Å². The molecule has 4 N–H and O–H groups in total. The van der Waals surface area contributed by atoms with Gasteiger partial charge in [0, 0.05) is 0 Å². The van der Waals surface area contributed by atoms with Crippen LogP contribution in [-0.4, -0.2) is 18.5 Å². The number of para-hydroxylation sites is 1. The molecule has 16 heavy (non-hydrogen) atoms. The van der Waals surface area contributed by atoms with Crippen molar-refractivity contribution in [3.05, 3.63) is 29.6 Å². The molecule has 0 heterocycles. The number of rotatable bonds is 3. The molecule has 0 aliphatic carbocycles. The van der Waals surface area contributed by atoms with Crippen LogP contribution in [0, 0.1) is 12.7 Å². The van der Waals surface area contributed by atoms with Gasteiger partial charge in [0.2, 0.25) is 5.91 Å². The predicted molar refractivity (Wildman–Crippen MR) is 57.4 cm³/mol. The third-order valence-electron chi connectivity index (χ3n) is 1.91. The van der Waals surface area contributed by atoms with E-state index in [9.17, 15) is 14.0 Å². The van der Waals surface area contributed by atoms with Gasteiger partial charge in [-0.2, -0.15) is 0 Å². The van der Waals surface area contributed by atoms with Crippen LogP contribution in [0.3, 0.4) is 0 Å². The highest BCUT2D eigenvalue weighted by atomic mass is 19.1. The molecule has 5 nitrogen and oxygen atoms in total. The first kappa shape index (κ1) is 12.0. The van der Waals surface area contributed by atoms with E-state index in [1.54, 1.807) is 19.1 Å². The standard InChI is InChI=1S/C10H12FN3O2/c1-6-3-2-4-7(11)9(6)13-5-8(15)14-10(12)16/h2-4,13H,5H2,1H3,(H3,12,14,15,16). The van der Waals surface area contributed by atoms with Crippen LogP contribution in [0.5, 0.6) is 0 Å². The van der Waals surface area contributed by atoms with Crippen molar-refractivity contribution in [1.82, 2.24) is 5.32 Å². The third kappa shape index (κ3) is 3.23. The highest BCUT2D eigenvalue weighted by molar-refractivity contribution is 5.95. The van der Waals surface area contributed by atoms with Crippen LogP contribution in [0.15, 0.2) is 18.2 Å². The monoisotopic (exact) mass is 225 g/mol. The van der Waals surface area contributed by atoms with Crippen LogP contribution >= 0.6 is 0 Å². The maximum Gasteiger partial charge on any atom is 0.318 e. The fourth-order valence-electron chi connectivity index (χ4n) is 1.21. The van der Waals surface area contributed by atoms with Crippen LogP contribution in [0.1, 0.15) is 5.56 Å². The third-order valence-corrected chi connectivity index (χ3v) is 1.91. The molecule has 0 aromatic heterocycles. The molecular formula is C10H12FN3O2. The summed E-state index contributed by atoms with van der Waals surface area (Å²) in [6, 6.07) is 3.62. The van der Waals surface area contributed by atoms with Crippen molar-refractivity contribution in [3.63, 3.8) is 0 Å². The van der Waals surface area contributed by atoms with Gasteiger partial charge in [-0.3, -0.25) is 10.1 Å². The summed E-state index contributed by atoms with van der Waals surface area (Å²) in [5.41, 5.74) is 5.66. The van der Waals surface area contributed by atoms with Crippen LogP contribution in [0.2, 0.25) is 0 Å². The zero-order valence-electron chi connectivity index (χ0n) is 8.71. The second-order valence-electron chi connectivity index (χ2n) is 3.20. The minimum Gasteiger partial charge on any atom is -0.374 e. The number of primary amides is 1. The second-order valence-corrected chi connectivity index (χ2v) is 3.20. The number of hydrogen-bond donors (Lipinski definition) is 3. The first-order valence-corrected chi connectivity index (χ1v) is 4.59. The van der Waals surface area contributed by atoms with E-state index in [-0.39, 0.29) is 12.2 Å². The molecule has 1 rings (SSSR count). The fourth-order valence-corrected chi connectivity index (χ4v) is 1.21. The van der Waals surface area contributed by atoms with Gasteiger partial charge < -0.3 is 11.1 Å². The van der Waals surface area contributed by atoms with E-state index in [1.807, 2.05) is 5.32 Å². The van der Waals surface area contributed by atoms with Gasteiger partial charge in [0.1, 0.15) is 5.82 Å². The van der Waals surface area contributed by atoms with Gasteiger partial charge in [-0.05, 0) is 18.6 Å². The maximum absolute atomic E-state index is 13.3. The molecule has 0 atom stereocenters. The maximum atomic E-state index is 13.3. The van der Waals surface area contributed by atoms with Crippen molar-refractivity contribution in [2.24, 2.45) is 5.73 Å². The lowest BCUT2D eigenvalue weighted by atomic mass is 10.2. The van der Waals surface area contributed by atoms with Crippen LogP contribution in [0.4, 0.5) is 14.9 Å². The van der Waals surface area contributed by atoms with Crippen molar-refractivity contribution in [3.8, 4) is 0 Å². The van der Waals surface area contributed by atoms with Gasteiger partial charge in [0.25, 0.3) is 0 Å².